The van der Waals surface area contributed by atoms with Crippen molar-refractivity contribution < 1.29 is 9.59 Å². The third-order valence-corrected chi connectivity index (χ3v) is 5.44. The summed E-state index contributed by atoms with van der Waals surface area (Å²) >= 11 is 3.05. The second-order valence-electron chi connectivity index (χ2n) is 5.84. The Balaban J connectivity index is 1.39. The Bertz CT molecular complexity index is 897. The number of aromatic nitrogens is 1. The number of nitrogens with one attached hydrogen (secondary N) is 2. The molecule has 2 aromatic heterocycles. The van der Waals surface area contributed by atoms with E-state index >= 15 is 0 Å². The van der Waals surface area contributed by atoms with E-state index in [1.165, 1.54) is 11.3 Å². The number of anilines is 2. The predicted octanol–water partition coefficient (Wildman–Crippen LogP) is 4.47. The summed E-state index contributed by atoms with van der Waals surface area (Å²) in [7, 11) is 0. The molecule has 2 heterocycles. The van der Waals surface area contributed by atoms with Crippen LogP contribution < -0.4 is 10.6 Å². The molecule has 0 saturated heterocycles. The molecular formula is C18H15N3O2S2. The van der Waals surface area contributed by atoms with Gasteiger partial charge in [0.2, 0.25) is 5.91 Å². The quantitative estimate of drug-likeness (QED) is 0.697. The van der Waals surface area contributed by atoms with Crippen molar-refractivity contribution in [3.63, 3.8) is 0 Å². The summed E-state index contributed by atoms with van der Waals surface area (Å²) in [6, 6.07) is 9.10. The van der Waals surface area contributed by atoms with Crippen LogP contribution in [-0.4, -0.2) is 16.8 Å². The molecule has 5 nitrogen and oxygen atoms in total. The van der Waals surface area contributed by atoms with Crippen LogP contribution in [0.4, 0.5) is 11.4 Å². The molecule has 1 aliphatic rings. The van der Waals surface area contributed by atoms with Crippen molar-refractivity contribution in [2.75, 3.05) is 10.6 Å². The molecule has 2 amide bonds. The average Bonchev–Trinajstić information content (AvgIpc) is 3.11. The normalized spacial score (nSPS) is 13.4. The number of hydrogen-bond donors (Lipinski definition) is 2. The molecule has 3 aromatic rings. The van der Waals surface area contributed by atoms with Crippen LogP contribution in [0.5, 0.6) is 0 Å². The third kappa shape index (κ3) is 3.78. The first-order valence-electron chi connectivity index (χ1n) is 7.89. The van der Waals surface area contributed by atoms with Gasteiger partial charge in [-0.2, -0.15) is 11.3 Å². The molecule has 0 unspecified atom stereocenters. The van der Waals surface area contributed by atoms with Gasteiger partial charge in [0.25, 0.3) is 5.91 Å². The van der Waals surface area contributed by atoms with Gasteiger partial charge in [-0.1, -0.05) is 0 Å². The second kappa shape index (κ2) is 6.78. The van der Waals surface area contributed by atoms with Crippen LogP contribution in [-0.2, 0) is 4.79 Å². The first-order chi connectivity index (χ1) is 12.2. The lowest BCUT2D eigenvalue weighted by molar-refractivity contribution is -0.117. The topological polar surface area (TPSA) is 71.1 Å². The number of rotatable bonds is 5. The highest BCUT2D eigenvalue weighted by atomic mass is 32.1. The highest BCUT2D eigenvalue weighted by Crippen LogP contribution is 2.30. The summed E-state index contributed by atoms with van der Waals surface area (Å²) in [5.41, 5.74) is 2.84. The highest BCUT2D eigenvalue weighted by Gasteiger charge is 2.29. The largest absolute Gasteiger partial charge is 0.326 e. The van der Waals surface area contributed by atoms with Crippen molar-refractivity contribution in [3.05, 3.63) is 52.2 Å². The van der Waals surface area contributed by atoms with Crippen LogP contribution >= 0.6 is 22.7 Å². The number of nitrogens with zero attached hydrogens (tertiary/aromatic N) is 1. The number of thiazole rings is 1. The van der Waals surface area contributed by atoms with E-state index in [0.29, 0.717) is 11.4 Å². The zero-order chi connectivity index (χ0) is 17.2. The zero-order valence-electron chi connectivity index (χ0n) is 13.2. The molecule has 2 N–H and O–H groups in total. The number of thiophene rings is 1. The fourth-order valence-electron chi connectivity index (χ4n) is 2.32. The van der Waals surface area contributed by atoms with Crippen LogP contribution in [0, 0.1) is 5.92 Å². The number of amides is 2. The molecule has 4 rings (SSSR count). The third-order valence-electron chi connectivity index (χ3n) is 3.86. The van der Waals surface area contributed by atoms with E-state index < -0.39 is 0 Å². The van der Waals surface area contributed by atoms with E-state index in [2.05, 4.69) is 15.6 Å². The molecule has 1 aliphatic carbocycles. The standard InChI is InChI=1S/C18H15N3O2S2/c22-16(11-1-2-11)19-13-3-5-14(6-4-13)20-17(23)15-10-25-18(21-15)12-7-8-24-9-12/h3-11H,1-2H2,(H,19,22)(H,20,23). The Morgan fingerprint density at radius 1 is 1.00 bits per heavy atom. The Labute approximate surface area is 152 Å². The van der Waals surface area contributed by atoms with Crippen LogP contribution in [0.3, 0.4) is 0 Å². The summed E-state index contributed by atoms with van der Waals surface area (Å²) in [4.78, 5) is 28.4. The van der Waals surface area contributed by atoms with Gasteiger partial charge in [-0.05, 0) is 48.6 Å². The van der Waals surface area contributed by atoms with Gasteiger partial charge in [0.1, 0.15) is 10.7 Å². The molecular weight excluding hydrogens is 354 g/mol. The lowest BCUT2D eigenvalue weighted by Crippen LogP contribution is -2.14. The van der Waals surface area contributed by atoms with E-state index in [-0.39, 0.29) is 17.7 Å². The summed E-state index contributed by atoms with van der Waals surface area (Å²) in [6.07, 6.45) is 1.95. The zero-order valence-corrected chi connectivity index (χ0v) is 14.8. The lowest BCUT2D eigenvalue weighted by Gasteiger charge is -2.06. The van der Waals surface area contributed by atoms with E-state index in [4.69, 9.17) is 0 Å². The lowest BCUT2D eigenvalue weighted by atomic mass is 10.2. The van der Waals surface area contributed by atoms with Crippen molar-refractivity contribution in [1.29, 1.82) is 0 Å². The monoisotopic (exact) mass is 369 g/mol. The minimum atomic E-state index is -0.243. The Hall–Kier alpha value is -2.51. The van der Waals surface area contributed by atoms with Crippen LogP contribution in [0.2, 0.25) is 0 Å². The van der Waals surface area contributed by atoms with Gasteiger partial charge >= 0.3 is 0 Å². The molecule has 0 aliphatic heterocycles. The van der Waals surface area contributed by atoms with Crippen molar-refractivity contribution in [2.24, 2.45) is 5.92 Å². The van der Waals surface area contributed by atoms with Gasteiger partial charge in [-0.3, -0.25) is 9.59 Å². The molecule has 25 heavy (non-hydrogen) atoms. The van der Waals surface area contributed by atoms with E-state index in [1.807, 2.05) is 16.8 Å². The summed E-state index contributed by atoms with van der Waals surface area (Å²) in [5, 5.41) is 12.3. The van der Waals surface area contributed by atoms with Gasteiger partial charge in [-0.15, -0.1) is 11.3 Å². The first kappa shape index (κ1) is 16.0. The highest BCUT2D eigenvalue weighted by molar-refractivity contribution is 7.14. The fourth-order valence-corrected chi connectivity index (χ4v) is 3.83. The van der Waals surface area contributed by atoms with E-state index in [9.17, 15) is 9.59 Å². The minimum absolute atomic E-state index is 0.0696. The number of benzene rings is 1. The maximum absolute atomic E-state index is 12.3. The average molecular weight is 369 g/mol. The molecule has 126 valence electrons. The number of hydrogen-bond acceptors (Lipinski definition) is 5. The molecule has 1 fully saturated rings. The van der Waals surface area contributed by atoms with Crippen molar-refractivity contribution >= 4 is 45.9 Å². The Kier molecular flexibility index (Phi) is 4.33. The molecule has 0 radical (unpaired) electrons. The number of carbonyl (C=O) groups excluding carboxylic acids is 2. The Morgan fingerprint density at radius 2 is 1.72 bits per heavy atom. The van der Waals surface area contributed by atoms with Gasteiger partial charge < -0.3 is 10.6 Å². The van der Waals surface area contributed by atoms with Crippen LogP contribution in [0.1, 0.15) is 23.3 Å². The van der Waals surface area contributed by atoms with Crippen molar-refractivity contribution in [1.82, 2.24) is 4.98 Å². The van der Waals surface area contributed by atoms with Crippen molar-refractivity contribution in [3.8, 4) is 10.6 Å². The molecule has 0 spiro atoms. The smallest absolute Gasteiger partial charge is 0.275 e. The first-order valence-corrected chi connectivity index (χ1v) is 9.72. The second-order valence-corrected chi connectivity index (χ2v) is 7.48. The van der Waals surface area contributed by atoms with Crippen LogP contribution in [0.15, 0.2) is 46.5 Å². The van der Waals surface area contributed by atoms with Crippen LogP contribution in [0.25, 0.3) is 10.6 Å². The SMILES string of the molecule is O=C(Nc1ccc(NC(=O)C2CC2)cc1)c1csc(-c2ccsc2)n1. The van der Waals surface area contributed by atoms with Gasteiger partial charge in [0, 0.05) is 33.6 Å². The molecule has 1 aromatic carbocycles. The molecule has 0 bridgehead atoms. The Morgan fingerprint density at radius 3 is 2.36 bits per heavy atom. The fraction of sp³-hybridized carbons (Fsp3) is 0.167. The van der Waals surface area contributed by atoms with E-state index in [0.717, 1.165) is 29.1 Å². The summed E-state index contributed by atoms with van der Waals surface area (Å²) in [6.45, 7) is 0. The predicted molar refractivity (Wildman–Crippen MR) is 101 cm³/mol. The maximum Gasteiger partial charge on any atom is 0.275 e. The molecule has 1 saturated carbocycles. The summed E-state index contributed by atoms with van der Waals surface area (Å²) < 4.78 is 0. The van der Waals surface area contributed by atoms with Gasteiger partial charge in [-0.25, -0.2) is 4.98 Å². The summed E-state index contributed by atoms with van der Waals surface area (Å²) in [5.74, 6) is -0.00539. The molecule has 7 heteroatoms. The van der Waals surface area contributed by atoms with Crippen molar-refractivity contribution in [2.45, 2.75) is 12.8 Å². The maximum atomic E-state index is 12.3. The molecule has 0 atom stereocenters. The number of carbonyl (C=O) groups is 2. The minimum Gasteiger partial charge on any atom is -0.326 e. The van der Waals surface area contributed by atoms with E-state index in [1.54, 1.807) is 41.0 Å². The van der Waals surface area contributed by atoms with Gasteiger partial charge in [0.15, 0.2) is 0 Å². The van der Waals surface area contributed by atoms with Gasteiger partial charge in [0.05, 0.1) is 0 Å².